The van der Waals surface area contributed by atoms with E-state index in [2.05, 4.69) is 39.4 Å². The molecule has 3 saturated carbocycles. The first-order valence-corrected chi connectivity index (χ1v) is 30.7. The van der Waals surface area contributed by atoms with E-state index in [0.29, 0.717) is 85.2 Å². The standard InChI is InChI=1S/C69H91N7O9/c1-42-12-7-8-33-85-41-50(19-9-13-43(2)69(84,32-27-42)75-38-45-14-5-6-15-45)54-29-31-68(63(54)81)58-26-25-52(78)35-46-16-10-17-47(34-46)36-56(57(39-74-66(71)72)48-21-23-51(77)24-22-48)60(80)40-73-62-61-49(18-11-20-55(61)64(70)76-65(62)82)37-59(79)44(3)53(58)28-30-67(68,4)83/h9-11,13,16-24,27,34,45,52,54,56-58,60,62-64,73,75,77-78,80-81,83-84H,2,5-6,12,14-15,25-26,28-33,35-41,70H2,1,3-4H3,(H,76,82)(H4,71,72,74). The summed E-state index contributed by atoms with van der Waals surface area (Å²) < 4.78 is 6.27. The number of allylic oxidation sites excluding steroid dienone is 5. The van der Waals surface area contributed by atoms with Gasteiger partial charge >= 0.3 is 0 Å². The number of nitrogens with one attached hydrogen (secondary N) is 3. The van der Waals surface area contributed by atoms with Crippen molar-refractivity contribution in [3.8, 4) is 17.6 Å². The first kappa shape index (κ1) is 63.3. The monoisotopic (exact) mass is 1160 g/mol. The summed E-state index contributed by atoms with van der Waals surface area (Å²) in [6.07, 6.45) is 11.9. The van der Waals surface area contributed by atoms with Crippen LogP contribution in [-0.2, 0) is 33.6 Å². The van der Waals surface area contributed by atoms with Crippen LogP contribution in [0.25, 0.3) is 0 Å². The lowest BCUT2D eigenvalue weighted by Crippen LogP contribution is -2.59. The summed E-state index contributed by atoms with van der Waals surface area (Å²) in [5.74, 6) is 4.13. The lowest BCUT2D eigenvalue weighted by Gasteiger charge is -2.56. The number of nitrogens with two attached hydrogens (primary N) is 3. The smallest absolute Gasteiger partial charge is 0.243 e. The number of guanidine groups is 1. The number of aliphatic imine (C=N–C) groups is 1. The maximum atomic E-state index is 15.3. The van der Waals surface area contributed by atoms with Gasteiger partial charge in [0.25, 0.3) is 0 Å². The van der Waals surface area contributed by atoms with Crippen LogP contribution < -0.4 is 33.2 Å². The number of aromatic hydroxyl groups is 1. The SMILES string of the molecule is C=C1C=CC=C(C2CCC3(C4CCC(O)Cc5cccc(c5)CC(C(CN=C(N)N)c5ccc(O)cc5)C(O)CNC5C(=O)NC(N)c6cccc(c65)CC(=O)C(C)=C4CCC3(C)O)C2O)COCC#CCC(C)=CCC1(O)NCC1CCCC1. The number of carbonyl (C=O) groups is 2. The van der Waals surface area contributed by atoms with Gasteiger partial charge in [-0.25, -0.2) is 0 Å². The number of nitrogens with zero attached hydrogens (tertiary/aromatic N) is 1. The van der Waals surface area contributed by atoms with Crippen molar-refractivity contribution < 1.29 is 45.0 Å². The number of ether oxygens (including phenoxy) is 1. The minimum Gasteiger partial charge on any atom is -0.508 e. The van der Waals surface area contributed by atoms with Crippen LogP contribution in [0.5, 0.6) is 5.75 Å². The van der Waals surface area contributed by atoms with Crippen molar-refractivity contribution in [2.75, 3.05) is 32.8 Å². The van der Waals surface area contributed by atoms with Crippen LogP contribution in [-0.4, -0.2) is 111 Å². The molecule has 9 rings (SSSR count). The van der Waals surface area contributed by atoms with E-state index in [1.807, 2.05) is 87.5 Å². The summed E-state index contributed by atoms with van der Waals surface area (Å²) in [4.78, 5) is 33.9. The van der Waals surface area contributed by atoms with Crippen molar-refractivity contribution >= 4 is 17.6 Å². The minimum atomic E-state index is -1.41. The summed E-state index contributed by atoms with van der Waals surface area (Å²) in [7, 11) is 0. The number of Topliss-reactive ketones (excluding diaryl/α,β-unsaturated/α-hetero) is 1. The van der Waals surface area contributed by atoms with Gasteiger partial charge in [0.15, 0.2) is 11.7 Å². The number of fused-ring (bicyclic) bond motifs is 4. The van der Waals surface area contributed by atoms with E-state index in [4.69, 9.17) is 21.9 Å². The number of aliphatic hydroxyl groups is 5. The zero-order valence-corrected chi connectivity index (χ0v) is 49.9. The fourth-order valence-corrected chi connectivity index (χ4v) is 15.0. The molecule has 0 radical (unpaired) electrons. The predicted molar refractivity (Wildman–Crippen MR) is 331 cm³/mol. The predicted octanol–water partition coefficient (Wildman–Crippen LogP) is 6.70. The Morgan fingerprint density at radius 3 is 2.44 bits per heavy atom. The Morgan fingerprint density at radius 2 is 1.68 bits per heavy atom. The number of β-amino-alcohol motifs (C(OH)–C–C–N with tert-alkyl or cyclic N) is 1. The second kappa shape index (κ2) is 27.6. The number of phenols is 1. The van der Waals surface area contributed by atoms with E-state index >= 15 is 4.79 Å². The van der Waals surface area contributed by atoms with Crippen molar-refractivity contribution in [1.82, 2.24) is 16.0 Å². The van der Waals surface area contributed by atoms with E-state index in [1.54, 1.807) is 24.3 Å². The minimum absolute atomic E-state index is 0.0636. The molecule has 1 spiro atoms. The average Bonchev–Trinajstić information content (AvgIpc) is 1.81. The maximum absolute atomic E-state index is 15.3. The highest BCUT2D eigenvalue weighted by molar-refractivity contribution is 5.98. The van der Waals surface area contributed by atoms with E-state index in [-0.39, 0.29) is 69.5 Å². The van der Waals surface area contributed by atoms with Crippen molar-refractivity contribution in [3.05, 3.63) is 159 Å². The molecular formula is C69H91N7O9. The number of benzene rings is 3. The summed E-state index contributed by atoms with van der Waals surface area (Å²) >= 11 is 0. The molecule has 15 N–H and O–H groups in total. The van der Waals surface area contributed by atoms with Crippen LogP contribution in [0.3, 0.4) is 0 Å². The number of hydrogen-bond acceptors (Lipinski definition) is 13. The fraction of sp³-hybridized carbons (Fsp3) is 0.522. The molecule has 3 aromatic carbocycles. The highest BCUT2D eigenvalue weighted by Crippen LogP contribution is 2.63. The van der Waals surface area contributed by atoms with Gasteiger partial charge in [0, 0.05) is 56.1 Å². The summed E-state index contributed by atoms with van der Waals surface area (Å²) in [5, 5.41) is 83.3. The second-order valence-electron chi connectivity index (χ2n) is 25.4. The Balaban J connectivity index is 1.09. The molecule has 0 saturated heterocycles. The Hall–Kier alpha value is -6.23. The van der Waals surface area contributed by atoms with Gasteiger partial charge in [0.05, 0.1) is 30.5 Å². The molecule has 3 heterocycles. The highest BCUT2D eigenvalue weighted by Gasteiger charge is 2.64. The number of phenolic OH excluding ortho intramolecular Hbond substituents is 1. The number of carbonyl (C=O) groups excluding carboxylic acids is 2. The Kier molecular flexibility index (Phi) is 20.6. The zero-order valence-electron chi connectivity index (χ0n) is 49.9. The van der Waals surface area contributed by atoms with Gasteiger partial charge in [-0.1, -0.05) is 121 Å². The van der Waals surface area contributed by atoms with Crippen molar-refractivity contribution in [3.63, 3.8) is 0 Å². The molecule has 6 aliphatic rings. The molecule has 16 nitrogen and oxygen atoms in total. The topological polar surface area (TPSA) is 291 Å². The van der Waals surface area contributed by atoms with Gasteiger partial charge in [-0.15, -0.1) is 0 Å². The van der Waals surface area contributed by atoms with Crippen molar-refractivity contribution in [2.45, 2.75) is 165 Å². The molecule has 3 aliphatic carbocycles. The third kappa shape index (κ3) is 14.5. The summed E-state index contributed by atoms with van der Waals surface area (Å²) in [6.45, 7) is 11.0. The molecule has 16 heteroatoms. The molecule has 1 amide bonds. The molecule has 2 bridgehead atoms. The van der Waals surface area contributed by atoms with Crippen LogP contribution in [0.4, 0.5) is 0 Å². The Labute approximate surface area is 501 Å². The van der Waals surface area contributed by atoms with Gasteiger partial charge in [-0.3, -0.25) is 25.2 Å². The molecule has 456 valence electrons. The normalized spacial score (nSPS) is 31.7. The molecule has 3 fully saturated rings. The van der Waals surface area contributed by atoms with Gasteiger partial charge < -0.3 is 57.9 Å². The van der Waals surface area contributed by atoms with Gasteiger partial charge in [0.1, 0.15) is 30.3 Å². The largest absolute Gasteiger partial charge is 0.508 e. The molecule has 12 atom stereocenters. The van der Waals surface area contributed by atoms with Crippen LogP contribution in [0.2, 0.25) is 0 Å². The van der Waals surface area contributed by atoms with Crippen LogP contribution in [0.1, 0.15) is 149 Å². The van der Waals surface area contributed by atoms with Crippen LogP contribution in [0.15, 0.2) is 130 Å². The molecule has 12 unspecified atom stereocenters. The van der Waals surface area contributed by atoms with Crippen LogP contribution >= 0.6 is 0 Å². The van der Waals surface area contributed by atoms with E-state index in [0.717, 1.165) is 46.3 Å². The van der Waals surface area contributed by atoms with Gasteiger partial charge in [-0.2, -0.15) is 0 Å². The van der Waals surface area contributed by atoms with Gasteiger partial charge in [-0.05, 0) is 165 Å². The lowest BCUT2D eigenvalue weighted by molar-refractivity contribution is -0.168. The number of aliphatic hydroxyl groups excluding tert-OH is 3. The van der Waals surface area contributed by atoms with E-state index < -0.39 is 76.8 Å². The number of rotatable bonds is 8. The first-order chi connectivity index (χ1) is 40.7. The second-order valence-corrected chi connectivity index (χ2v) is 25.4. The molecular weight excluding hydrogens is 1070 g/mol. The summed E-state index contributed by atoms with van der Waals surface area (Å²) in [5.41, 5.74) is 22.5. The van der Waals surface area contributed by atoms with Crippen molar-refractivity contribution in [2.24, 2.45) is 51.3 Å². The quantitative estimate of drug-likeness (QED) is 0.0368. The molecule has 3 aromatic rings. The molecule has 3 aliphatic heterocycles. The first-order valence-electron chi connectivity index (χ1n) is 30.7. The molecule has 0 aromatic heterocycles. The van der Waals surface area contributed by atoms with Crippen LogP contribution in [0, 0.1) is 40.9 Å². The van der Waals surface area contributed by atoms with E-state index in [9.17, 15) is 35.4 Å². The fourth-order valence-electron chi connectivity index (χ4n) is 15.0. The molecule has 85 heavy (non-hydrogen) atoms. The summed E-state index contributed by atoms with van der Waals surface area (Å²) in [6, 6.07) is 19.1. The van der Waals surface area contributed by atoms with Gasteiger partial charge in [0.2, 0.25) is 5.91 Å². The highest BCUT2D eigenvalue weighted by atomic mass is 16.5. The maximum Gasteiger partial charge on any atom is 0.243 e. The van der Waals surface area contributed by atoms with E-state index in [1.165, 1.54) is 12.8 Å². The Morgan fingerprint density at radius 1 is 0.941 bits per heavy atom. The number of amides is 1. The Bertz CT molecular complexity index is 3130. The van der Waals surface area contributed by atoms with Crippen molar-refractivity contribution in [1.29, 1.82) is 0 Å². The third-order valence-electron chi connectivity index (χ3n) is 19.9. The number of hydrogen-bond donors (Lipinski definition) is 12. The third-order valence-corrected chi connectivity index (χ3v) is 19.9. The number of ketones is 1. The lowest BCUT2D eigenvalue weighted by atomic mass is 9.52. The average molecular weight is 1160 g/mol. The zero-order chi connectivity index (χ0) is 60.6.